The Morgan fingerprint density at radius 1 is 1.42 bits per heavy atom. The first-order valence-electron chi connectivity index (χ1n) is 5.42. The van der Waals surface area contributed by atoms with Crippen LogP contribution < -0.4 is 10.6 Å². The van der Waals surface area contributed by atoms with Crippen LogP contribution in [0.15, 0.2) is 18.2 Å². The second kappa shape index (κ2) is 6.34. The third-order valence-electron chi connectivity index (χ3n) is 2.38. The van der Waals surface area contributed by atoms with E-state index >= 15 is 0 Å². The van der Waals surface area contributed by atoms with Gasteiger partial charge in [0.05, 0.1) is 4.92 Å². The van der Waals surface area contributed by atoms with Gasteiger partial charge in [0.2, 0.25) is 5.91 Å². The van der Waals surface area contributed by atoms with Gasteiger partial charge in [-0.15, -0.1) is 0 Å². The van der Waals surface area contributed by atoms with E-state index < -0.39 is 22.1 Å². The zero-order valence-corrected chi connectivity index (χ0v) is 10.2. The summed E-state index contributed by atoms with van der Waals surface area (Å²) in [6, 6.07) is 3.68. The fraction of sp³-hybridized carbons (Fsp3) is 0.273. The predicted octanol–water partition coefficient (Wildman–Crippen LogP) is 0.841. The monoisotopic (exact) mass is 267 g/mol. The fourth-order valence-corrected chi connectivity index (χ4v) is 1.42. The SMILES string of the molecule is CNC(=O)CCNc1ccc([N+](=O)[O-])c(C(=O)O)c1. The van der Waals surface area contributed by atoms with Crippen molar-refractivity contribution < 1.29 is 19.6 Å². The van der Waals surface area contributed by atoms with Gasteiger partial charge in [-0.05, 0) is 12.1 Å². The van der Waals surface area contributed by atoms with Crippen molar-refractivity contribution in [3.63, 3.8) is 0 Å². The molecule has 19 heavy (non-hydrogen) atoms. The number of aromatic carboxylic acids is 1. The Bertz CT molecular complexity index is 515. The highest BCUT2D eigenvalue weighted by atomic mass is 16.6. The highest BCUT2D eigenvalue weighted by molar-refractivity contribution is 5.93. The van der Waals surface area contributed by atoms with Gasteiger partial charge in [0, 0.05) is 31.8 Å². The first kappa shape index (κ1) is 14.4. The molecule has 0 saturated carbocycles. The Labute approximate surface area is 108 Å². The maximum Gasteiger partial charge on any atom is 0.342 e. The molecule has 1 aromatic carbocycles. The number of carboxylic acids is 1. The van der Waals surface area contributed by atoms with Crippen LogP contribution >= 0.6 is 0 Å². The summed E-state index contributed by atoms with van der Waals surface area (Å²) in [5, 5.41) is 24.8. The van der Waals surface area contributed by atoms with E-state index in [4.69, 9.17) is 5.11 Å². The molecule has 0 aliphatic carbocycles. The molecule has 0 bridgehead atoms. The number of nitro benzene ring substituents is 1. The maximum absolute atomic E-state index is 11.0. The number of carbonyl (C=O) groups is 2. The quantitative estimate of drug-likeness (QED) is 0.518. The third kappa shape index (κ3) is 3.95. The summed E-state index contributed by atoms with van der Waals surface area (Å²) >= 11 is 0. The van der Waals surface area contributed by atoms with Crippen molar-refractivity contribution >= 4 is 23.3 Å². The molecule has 102 valence electrons. The smallest absolute Gasteiger partial charge is 0.342 e. The van der Waals surface area contributed by atoms with Gasteiger partial charge in [-0.2, -0.15) is 0 Å². The van der Waals surface area contributed by atoms with Crippen LogP contribution in [0, 0.1) is 10.1 Å². The molecule has 8 nitrogen and oxygen atoms in total. The normalized spacial score (nSPS) is 9.74. The van der Waals surface area contributed by atoms with E-state index in [1.165, 1.54) is 19.2 Å². The number of hydrogen-bond donors (Lipinski definition) is 3. The van der Waals surface area contributed by atoms with Crippen LogP contribution in [0.1, 0.15) is 16.8 Å². The molecule has 1 aromatic rings. The summed E-state index contributed by atoms with van der Waals surface area (Å²) in [6.07, 6.45) is 0.218. The van der Waals surface area contributed by atoms with Crippen molar-refractivity contribution in [3.8, 4) is 0 Å². The van der Waals surface area contributed by atoms with E-state index in [2.05, 4.69) is 10.6 Å². The Morgan fingerprint density at radius 3 is 2.63 bits per heavy atom. The van der Waals surface area contributed by atoms with Crippen molar-refractivity contribution in [3.05, 3.63) is 33.9 Å². The summed E-state index contributed by atoms with van der Waals surface area (Å²) in [4.78, 5) is 31.8. The van der Waals surface area contributed by atoms with Crippen molar-refractivity contribution in [2.75, 3.05) is 18.9 Å². The predicted molar refractivity (Wildman–Crippen MR) is 67.2 cm³/mol. The van der Waals surface area contributed by atoms with Crippen LogP contribution in [0.25, 0.3) is 0 Å². The van der Waals surface area contributed by atoms with Crippen LogP contribution in [0.5, 0.6) is 0 Å². The lowest BCUT2D eigenvalue weighted by Gasteiger charge is -2.07. The number of amides is 1. The Hall–Kier alpha value is -2.64. The van der Waals surface area contributed by atoms with Crippen molar-refractivity contribution in [2.45, 2.75) is 6.42 Å². The topological polar surface area (TPSA) is 122 Å². The zero-order valence-electron chi connectivity index (χ0n) is 10.2. The second-order valence-corrected chi connectivity index (χ2v) is 3.64. The van der Waals surface area contributed by atoms with Gasteiger partial charge in [-0.1, -0.05) is 0 Å². The molecule has 1 rings (SSSR count). The molecule has 0 unspecified atom stereocenters. The molecule has 0 radical (unpaired) electrons. The third-order valence-corrected chi connectivity index (χ3v) is 2.38. The average Bonchev–Trinajstić information content (AvgIpc) is 2.38. The van der Waals surface area contributed by atoms with E-state index in [0.29, 0.717) is 12.2 Å². The second-order valence-electron chi connectivity index (χ2n) is 3.64. The molecular formula is C11H13N3O5. The molecule has 8 heteroatoms. The molecule has 0 atom stereocenters. The Balaban J connectivity index is 2.81. The van der Waals surface area contributed by atoms with E-state index in [9.17, 15) is 19.7 Å². The molecule has 0 spiro atoms. The lowest BCUT2D eigenvalue weighted by Crippen LogP contribution is -2.20. The lowest BCUT2D eigenvalue weighted by atomic mass is 10.1. The molecule has 1 amide bonds. The number of nitro groups is 1. The number of carbonyl (C=O) groups excluding carboxylic acids is 1. The molecule has 0 aliphatic rings. The molecule has 0 fully saturated rings. The largest absolute Gasteiger partial charge is 0.477 e. The van der Waals surface area contributed by atoms with Gasteiger partial charge in [0.1, 0.15) is 5.56 Å². The molecule has 0 saturated heterocycles. The average molecular weight is 267 g/mol. The summed E-state index contributed by atoms with van der Waals surface area (Å²) in [6.45, 7) is 0.302. The van der Waals surface area contributed by atoms with E-state index in [1.807, 2.05) is 0 Å². The first-order valence-corrected chi connectivity index (χ1v) is 5.42. The van der Waals surface area contributed by atoms with E-state index in [1.54, 1.807) is 0 Å². The number of benzene rings is 1. The maximum atomic E-state index is 11.0. The zero-order chi connectivity index (χ0) is 14.4. The van der Waals surface area contributed by atoms with Crippen LogP contribution in [0.3, 0.4) is 0 Å². The Morgan fingerprint density at radius 2 is 2.11 bits per heavy atom. The van der Waals surface area contributed by atoms with Crippen LogP contribution in [0.4, 0.5) is 11.4 Å². The summed E-state index contributed by atoms with van der Waals surface area (Å²) in [5.41, 5.74) is -0.453. The lowest BCUT2D eigenvalue weighted by molar-refractivity contribution is -0.385. The van der Waals surface area contributed by atoms with Gasteiger partial charge >= 0.3 is 5.97 Å². The van der Waals surface area contributed by atoms with Crippen LogP contribution in [-0.2, 0) is 4.79 Å². The minimum Gasteiger partial charge on any atom is -0.477 e. The molecular weight excluding hydrogens is 254 g/mol. The highest BCUT2D eigenvalue weighted by Crippen LogP contribution is 2.22. The minimum atomic E-state index is -1.37. The van der Waals surface area contributed by atoms with Gasteiger partial charge in [0.25, 0.3) is 5.69 Å². The minimum absolute atomic E-state index is 0.159. The molecule has 0 aliphatic heterocycles. The summed E-state index contributed by atoms with van der Waals surface area (Å²) in [7, 11) is 1.51. The van der Waals surface area contributed by atoms with Crippen molar-refractivity contribution in [1.82, 2.24) is 5.32 Å². The number of anilines is 1. The number of nitrogens with one attached hydrogen (secondary N) is 2. The van der Waals surface area contributed by atoms with E-state index in [0.717, 1.165) is 6.07 Å². The Kier molecular flexibility index (Phi) is 4.81. The van der Waals surface area contributed by atoms with Gasteiger partial charge in [-0.3, -0.25) is 14.9 Å². The molecule has 0 heterocycles. The van der Waals surface area contributed by atoms with Crippen molar-refractivity contribution in [2.24, 2.45) is 0 Å². The van der Waals surface area contributed by atoms with Crippen molar-refractivity contribution in [1.29, 1.82) is 0 Å². The summed E-state index contributed by atoms with van der Waals surface area (Å²) < 4.78 is 0. The first-order chi connectivity index (χ1) is 8.95. The summed E-state index contributed by atoms with van der Waals surface area (Å²) in [5.74, 6) is -1.53. The van der Waals surface area contributed by atoms with Crippen LogP contribution in [-0.4, -0.2) is 35.5 Å². The van der Waals surface area contributed by atoms with Gasteiger partial charge in [-0.25, -0.2) is 4.79 Å². The molecule has 3 N–H and O–H groups in total. The fourth-order valence-electron chi connectivity index (χ4n) is 1.42. The standard InChI is InChI=1S/C11H13N3O5/c1-12-10(15)4-5-13-7-2-3-9(14(18)19)8(6-7)11(16)17/h2-3,6,13H,4-5H2,1H3,(H,12,15)(H,16,17). The number of carboxylic acid groups (broad SMARTS) is 1. The molecule has 0 aromatic heterocycles. The van der Waals surface area contributed by atoms with Crippen LogP contribution in [0.2, 0.25) is 0 Å². The van der Waals surface area contributed by atoms with E-state index in [-0.39, 0.29) is 12.3 Å². The number of hydrogen-bond acceptors (Lipinski definition) is 5. The highest BCUT2D eigenvalue weighted by Gasteiger charge is 2.19. The van der Waals surface area contributed by atoms with Gasteiger partial charge < -0.3 is 15.7 Å². The number of nitrogens with zero attached hydrogens (tertiary/aromatic N) is 1. The number of rotatable bonds is 6. The van der Waals surface area contributed by atoms with Gasteiger partial charge in [0.15, 0.2) is 0 Å².